The fourth-order valence-corrected chi connectivity index (χ4v) is 3.10. The second-order valence-electron chi connectivity index (χ2n) is 5.01. The first kappa shape index (κ1) is 15.3. The molecule has 0 aliphatic rings. The molecule has 0 saturated heterocycles. The number of hydrogen-bond donors (Lipinski definition) is 2. The molecule has 2 aromatic carbocycles. The van der Waals surface area contributed by atoms with Gasteiger partial charge in [0.05, 0.1) is 16.3 Å². The largest absolute Gasteiger partial charge is 0.397 e. The van der Waals surface area contributed by atoms with Crippen molar-refractivity contribution in [3.05, 3.63) is 53.6 Å². The van der Waals surface area contributed by atoms with Crippen LogP contribution in [-0.4, -0.2) is 27.1 Å². The van der Waals surface area contributed by atoms with Gasteiger partial charge in [-0.1, -0.05) is 30.3 Å². The van der Waals surface area contributed by atoms with E-state index in [1.807, 2.05) is 30.3 Å². The number of nitrogen functional groups attached to an aromatic ring is 1. The minimum absolute atomic E-state index is 0.107. The van der Waals surface area contributed by atoms with Crippen molar-refractivity contribution in [1.82, 2.24) is 0 Å². The van der Waals surface area contributed by atoms with E-state index < -0.39 is 10.1 Å². The normalized spacial score (nSPS) is 11.4. The van der Waals surface area contributed by atoms with Crippen LogP contribution in [0.25, 0.3) is 0 Å². The Bertz CT molecular complexity index is 741. The van der Waals surface area contributed by atoms with Gasteiger partial charge in [0, 0.05) is 26.1 Å². The molecular formula is C15H18N2O3S. The SMILES string of the molecule is CN(C)c1c(N)ccc(S(=O)(=O)O)c1Cc1ccccc1. The Hall–Kier alpha value is -2.05. The quantitative estimate of drug-likeness (QED) is 0.668. The molecule has 112 valence electrons. The molecular weight excluding hydrogens is 288 g/mol. The van der Waals surface area contributed by atoms with Crippen molar-refractivity contribution >= 4 is 21.5 Å². The standard InChI is InChI=1S/C15H18N2O3S/c1-17(2)15-12(10-11-6-4-3-5-7-11)14(21(18,19)20)9-8-13(15)16/h3-9H,10,16H2,1-2H3,(H,18,19,20). The molecule has 21 heavy (non-hydrogen) atoms. The van der Waals surface area contributed by atoms with Crippen LogP contribution in [0.4, 0.5) is 11.4 Å². The van der Waals surface area contributed by atoms with Crippen LogP contribution in [0.15, 0.2) is 47.4 Å². The van der Waals surface area contributed by atoms with Crippen LogP contribution in [-0.2, 0) is 16.5 Å². The van der Waals surface area contributed by atoms with Crippen LogP contribution in [0.2, 0.25) is 0 Å². The zero-order valence-electron chi connectivity index (χ0n) is 11.9. The minimum atomic E-state index is -4.31. The van der Waals surface area contributed by atoms with Gasteiger partial charge in [-0.2, -0.15) is 8.42 Å². The van der Waals surface area contributed by atoms with E-state index in [0.717, 1.165) is 5.56 Å². The second-order valence-corrected chi connectivity index (χ2v) is 6.40. The van der Waals surface area contributed by atoms with E-state index in [2.05, 4.69) is 0 Å². The van der Waals surface area contributed by atoms with Crippen LogP contribution in [0.5, 0.6) is 0 Å². The lowest BCUT2D eigenvalue weighted by atomic mass is 10.0. The van der Waals surface area contributed by atoms with Crippen molar-refractivity contribution in [2.75, 3.05) is 24.7 Å². The Morgan fingerprint density at radius 2 is 1.71 bits per heavy atom. The molecule has 0 heterocycles. The van der Waals surface area contributed by atoms with Crippen LogP contribution >= 0.6 is 0 Å². The van der Waals surface area contributed by atoms with Crippen LogP contribution in [0.3, 0.4) is 0 Å². The van der Waals surface area contributed by atoms with E-state index in [4.69, 9.17) is 5.73 Å². The first-order valence-corrected chi connectivity index (χ1v) is 7.85. The zero-order valence-corrected chi connectivity index (χ0v) is 12.8. The summed E-state index contributed by atoms with van der Waals surface area (Å²) in [5.41, 5.74) is 8.48. The van der Waals surface area contributed by atoms with Crippen molar-refractivity contribution < 1.29 is 13.0 Å². The Balaban J connectivity index is 2.67. The number of anilines is 2. The van der Waals surface area contributed by atoms with Crippen molar-refractivity contribution in [2.45, 2.75) is 11.3 Å². The average Bonchev–Trinajstić information content (AvgIpc) is 2.38. The summed E-state index contributed by atoms with van der Waals surface area (Å²) in [5.74, 6) is 0. The van der Waals surface area contributed by atoms with Gasteiger partial charge < -0.3 is 10.6 Å². The minimum Gasteiger partial charge on any atom is -0.397 e. The monoisotopic (exact) mass is 306 g/mol. The second kappa shape index (κ2) is 5.75. The number of nitrogens with two attached hydrogens (primary N) is 1. The van der Waals surface area contributed by atoms with Crippen molar-refractivity contribution in [3.8, 4) is 0 Å². The highest BCUT2D eigenvalue weighted by Crippen LogP contribution is 2.33. The lowest BCUT2D eigenvalue weighted by molar-refractivity contribution is 0.482. The lowest BCUT2D eigenvalue weighted by Gasteiger charge is -2.22. The molecule has 2 aromatic rings. The highest BCUT2D eigenvalue weighted by atomic mass is 32.2. The molecule has 6 heteroatoms. The zero-order chi connectivity index (χ0) is 15.6. The summed E-state index contributed by atoms with van der Waals surface area (Å²) in [6, 6.07) is 12.3. The van der Waals surface area contributed by atoms with Gasteiger partial charge in [-0.3, -0.25) is 4.55 Å². The van der Waals surface area contributed by atoms with Crippen molar-refractivity contribution in [1.29, 1.82) is 0 Å². The molecule has 2 rings (SSSR count). The molecule has 0 aliphatic heterocycles. The first-order valence-electron chi connectivity index (χ1n) is 6.41. The third-order valence-corrected chi connectivity index (χ3v) is 4.16. The molecule has 3 N–H and O–H groups in total. The molecule has 0 aromatic heterocycles. The van der Waals surface area contributed by atoms with E-state index in [1.165, 1.54) is 12.1 Å². The van der Waals surface area contributed by atoms with E-state index in [1.54, 1.807) is 19.0 Å². The van der Waals surface area contributed by atoms with Crippen LogP contribution in [0, 0.1) is 0 Å². The summed E-state index contributed by atoms with van der Waals surface area (Å²) >= 11 is 0. The molecule has 0 saturated carbocycles. The smallest absolute Gasteiger partial charge is 0.294 e. The van der Waals surface area contributed by atoms with E-state index >= 15 is 0 Å². The van der Waals surface area contributed by atoms with Crippen LogP contribution < -0.4 is 10.6 Å². The molecule has 0 amide bonds. The number of rotatable bonds is 4. The number of hydrogen-bond acceptors (Lipinski definition) is 4. The fraction of sp³-hybridized carbons (Fsp3) is 0.200. The third-order valence-electron chi connectivity index (χ3n) is 3.22. The molecule has 0 atom stereocenters. The Kier molecular flexibility index (Phi) is 4.20. The average molecular weight is 306 g/mol. The van der Waals surface area contributed by atoms with Gasteiger partial charge in [-0.15, -0.1) is 0 Å². The molecule has 0 fully saturated rings. The predicted octanol–water partition coefficient (Wildman–Crippen LogP) is 2.17. The van der Waals surface area contributed by atoms with Gasteiger partial charge in [0.25, 0.3) is 10.1 Å². The Labute approximate surface area is 124 Å². The highest BCUT2D eigenvalue weighted by Gasteiger charge is 2.21. The summed E-state index contributed by atoms with van der Waals surface area (Å²) in [5, 5.41) is 0. The predicted molar refractivity (Wildman–Crippen MR) is 84.2 cm³/mol. The maximum Gasteiger partial charge on any atom is 0.294 e. The van der Waals surface area contributed by atoms with Crippen molar-refractivity contribution in [2.24, 2.45) is 0 Å². The molecule has 0 radical (unpaired) electrons. The van der Waals surface area contributed by atoms with Gasteiger partial charge in [-0.05, 0) is 17.7 Å². The summed E-state index contributed by atoms with van der Waals surface area (Å²) in [4.78, 5) is 1.65. The molecule has 0 spiro atoms. The maximum atomic E-state index is 11.6. The van der Waals surface area contributed by atoms with Crippen LogP contribution in [0.1, 0.15) is 11.1 Å². The summed E-state index contributed by atoms with van der Waals surface area (Å²) in [6.45, 7) is 0. The third kappa shape index (κ3) is 3.34. The maximum absolute atomic E-state index is 11.6. The molecule has 0 unspecified atom stereocenters. The molecule has 5 nitrogen and oxygen atoms in total. The van der Waals surface area contributed by atoms with Gasteiger partial charge in [0.2, 0.25) is 0 Å². The highest BCUT2D eigenvalue weighted by molar-refractivity contribution is 7.85. The lowest BCUT2D eigenvalue weighted by Crippen LogP contribution is -2.16. The topological polar surface area (TPSA) is 83.6 Å². The van der Waals surface area contributed by atoms with Gasteiger partial charge >= 0.3 is 0 Å². The van der Waals surface area contributed by atoms with E-state index in [-0.39, 0.29) is 4.90 Å². The Morgan fingerprint density at radius 1 is 1.10 bits per heavy atom. The summed E-state index contributed by atoms with van der Waals surface area (Å²) in [6.07, 6.45) is 0.370. The molecule has 0 bridgehead atoms. The molecule has 0 aliphatic carbocycles. The number of nitrogens with zero attached hydrogens (tertiary/aromatic N) is 1. The van der Waals surface area contributed by atoms with Gasteiger partial charge in [-0.25, -0.2) is 0 Å². The van der Waals surface area contributed by atoms with E-state index in [9.17, 15) is 13.0 Å². The van der Waals surface area contributed by atoms with Gasteiger partial charge in [0.15, 0.2) is 0 Å². The van der Waals surface area contributed by atoms with Crippen molar-refractivity contribution in [3.63, 3.8) is 0 Å². The summed E-state index contributed by atoms with van der Waals surface area (Å²) < 4.78 is 32.7. The van der Waals surface area contributed by atoms with Gasteiger partial charge in [0.1, 0.15) is 0 Å². The summed E-state index contributed by atoms with van der Waals surface area (Å²) in [7, 11) is -0.737. The first-order chi connectivity index (χ1) is 9.80. The fourth-order valence-electron chi connectivity index (χ4n) is 2.38. The number of benzene rings is 2. The Morgan fingerprint density at radius 3 is 2.24 bits per heavy atom. The van der Waals surface area contributed by atoms with E-state index in [0.29, 0.717) is 23.4 Å².